The van der Waals surface area contributed by atoms with E-state index in [1.54, 1.807) is 0 Å². The van der Waals surface area contributed by atoms with E-state index in [1.807, 2.05) is 12.1 Å². The smallest absolute Gasteiger partial charge is 0.303 e. The summed E-state index contributed by atoms with van der Waals surface area (Å²) >= 11 is 0. The second-order valence-corrected chi connectivity index (χ2v) is 6.65. The summed E-state index contributed by atoms with van der Waals surface area (Å²) in [5.74, 6) is 1.32. The molecule has 2 heterocycles. The molecule has 1 aromatic heterocycles. The Balaban J connectivity index is 1.54. The van der Waals surface area contributed by atoms with Crippen LogP contribution in [0.2, 0.25) is 0 Å². The van der Waals surface area contributed by atoms with Gasteiger partial charge in [-0.05, 0) is 37.1 Å². The van der Waals surface area contributed by atoms with Gasteiger partial charge in [-0.3, -0.25) is 9.69 Å². The van der Waals surface area contributed by atoms with E-state index >= 15 is 0 Å². The number of piperazine rings is 1. The molecule has 0 atom stereocenters. The molecule has 134 valence electrons. The van der Waals surface area contributed by atoms with Gasteiger partial charge in [0.2, 0.25) is 0 Å². The summed E-state index contributed by atoms with van der Waals surface area (Å²) in [6.07, 6.45) is 0. The lowest BCUT2D eigenvalue weighted by molar-refractivity contribution is -0.142. The van der Waals surface area contributed by atoms with Crippen LogP contribution in [0.1, 0.15) is 29.6 Å². The molecule has 0 N–H and O–H groups in total. The summed E-state index contributed by atoms with van der Waals surface area (Å²) in [6, 6.07) is 10.3. The van der Waals surface area contributed by atoms with Gasteiger partial charge in [0.1, 0.15) is 18.1 Å². The predicted molar refractivity (Wildman–Crippen MR) is 97.6 cm³/mol. The van der Waals surface area contributed by atoms with Crippen LogP contribution in [0.5, 0.6) is 0 Å². The first kappa shape index (κ1) is 17.5. The summed E-state index contributed by atoms with van der Waals surface area (Å²) < 4.78 is 10.7. The largest absolute Gasteiger partial charge is 0.461 e. The first-order valence-corrected chi connectivity index (χ1v) is 8.77. The van der Waals surface area contributed by atoms with Crippen molar-refractivity contribution in [1.82, 2.24) is 4.90 Å². The van der Waals surface area contributed by atoms with E-state index < -0.39 is 0 Å². The van der Waals surface area contributed by atoms with Gasteiger partial charge in [-0.1, -0.05) is 18.2 Å². The molecule has 0 aliphatic carbocycles. The molecule has 0 radical (unpaired) electrons. The van der Waals surface area contributed by atoms with Crippen LogP contribution in [0.4, 0.5) is 5.69 Å². The van der Waals surface area contributed by atoms with Crippen molar-refractivity contribution in [2.75, 3.05) is 31.1 Å². The van der Waals surface area contributed by atoms with E-state index in [0.717, 1.165) is 38.5 Å². The minimum absolute atomic E-state index is 0.204. The Kier molecular flexibility index (Phi) is 5.43. The van der Waals surface area contributed by atoms with Crippen molar-refractivity contribution in [2.45, 2.75) is 33.9 Å². The lowest BCUT2D eigenvalue weighted by Gasteiger charge is -2.37. The van der Waals surface area contributed by atoms with Crippen molar-refractivity contribution in [3.05, 3.63) is 53.0 Å². The number of furan rings is 1. The van der Waals surface area contributed by atoms with Crippen molar-refractivity contribution < 1.29 is 13.9 Å². The fraction of sp³-hybridized carbons (Fsp3) is 0.450. The average Bonchev–Trinajstić information content (AvgIpc) is 3.02. The third kappa shape index (κ3) is 4.42. The first-order valence-electron chi connectivity index (χ1n) is 8.77. The van der Waals surface area contributed by atoms with Gasteiger partial charge in [0.05, 0.1) is 6.54 Å². The molecule has 0 amide bonds. The highest BCUT2D eigenvalue weighted by Gasteiger charge is 2.20. The average molecular weight is 342 g/mol. The molecule has 1 fully saturated rings. The number of ether oxygens (including phenoxy) is 1. The number of nitrogens with zero attached hydrogens (tertiary/aromatic N) is 2. The molecule has 1 aromatic carbocycles. The van der Waals surface area contributed by atoms with Crippen LogP contribution < -0.4 is 4.90 Å². The van der Waals surface area contributed by atoms with Gasteiger partial charge in [0.15, 0.2) is 0 Å². The molecule has 0 bridgehead atoms. The Morgan fingerprint density at radius 2 is 1.68 bits per heavy atom. The molecular formula is C20H26N2O3. The molecule has 5 nitrogen and oxygen atoms in total. The van der Waals surface area contributed by atoms with Gasteiger partial charge < -0.3 is 14.1 Å². The lowest BCUT2D eigenvalue weighted by Crippen LogP contribution is -2.46. The van der Waals surface area contributed by atoms with Crippen molar-refractivity contribution in [3.63, 3.8) is 0 Å². The fourth-order valence-corrected chi connectivity index (χ4v) is 3.41. The normalized spacial score (nSPS) is 15.4. The highest BCUT2D eigenvalue weighted by Crippen LogP contribution is 2.26. The minimum atomic E-state index is -0.291. The molecule has 2 aromatic rings. The number of carbonyl (C=O) groups excluding carboxylic acids is 1. The molecule has 0 saturated carbocycles. The number of hydrogen-bond acceptors (Lipinski definition) is 5. The molecule has 1 aliphatic heterocycles. The van der Waals surface area contributed by atoms with Crippen LogP contribution in [0.3, 0.4) is 0 Å². The fourth-order valence-electron chi connectivity index (χ4n) is 3.41. The number of para-hydroxylation sites is 1. The van der Waals surface area contributed by atoms with Crippen LogP contribution in [0, 0.1) is 13.8 Å². The summed E-state index contributed by atoms with van der Waals surface area (Å²) in [5, 5.41) is 0. The zero-order chi connectivity index (χ0) is 17.8. The van der Waals surface area contributed by atoms with Gasteiger partial charge in [0, 0.05) is 38.8 Å². The van der Waals surface area contributed by atoms with Crippen LogP contribution in [0.25, 0.3) is 0 Å². The second-order valence-electron chi connectivity index (χ2n) is 6.65. The summed E-state index contributed by atoms with van der Waals surface area (Å²) in [7, 11) is 0. The molecule has 1 aliphatic rings. The maximum atomic E-state index is 10.9. The third-order valence-electron chi connectivity index (χ3n) is 4.64. The van der Waals surface area contributed by atoms with Crippen LogP contribution in [-0.2, 0) is 22.7 Å². The Labute approximate surface area is 149 Å². The number of aryl methyl sites for hydroxylation is 2. The molecule has 5 heteroatoms. The number of esters is 1. The van der Waals surface area contributed by atoms with Crippen LogP contribution in [-0.4, -0.2) is 37.0 Å². The topological polar surface area (TPSA) is 45.9 Å². The Morgan fingerprint density at radius 1 is 1.04 bits per heavy atom. The summed E-state index contributed by atoms with van der Waals surface area (Å²) in [4.78, 5) is 15.7. The van der Waals surface area contributed by atoms with Gasteiger partial charge >= 0.3 is 5.97 Å². The van der Waals surface area contributed by atoms with E-state index in [4.69, 9.17) is 9.15 Å². The van der Waals surface area contributed by atoms with E-state index in [0.29, 0.717) is 5.76 Å². The maximum Gasteiger partial charge on any atom is 0.303 e. The van der Waals surface area contributed by atoms with Crippen molar-refractivity contribution in [1.29, 1.82) is 0 Å². The van der Waals surface area contributed by atoms with Gasteiger partial charge in [-0.25, -0.2) is 0 Å². The lowest BCUT2D eigenvalue weighted by atomic mass is 10.1. The number of anilines is 1. The number of hydrogen-bond donors (Lipinski definition) is 0. The molecular weight excluding hydrogens is 316 g/mol. The van der Waals surface area contributed by atoms with Crippen LogP contribution in [0.15, 0.2) is 34.7 Å². The standard InChI is InChI=1S/C20H26N2O3/c1-15-5-4-6-16(2)20(15)22-11-9-21(10-12-22)13-18-7-8-19(25-18)14-24-17(3)23/h4-8H,9-14H2,1-3H3. The number of carbonyl (C=O) groups is 1. The van der Waals surface area contributed by atoms with Crippen molar-refractivity contribution in [3.8, 4) is 0 Å². The molecule has 25 heavy (non-hydrogen) atoms. The number of benzene rings is 1. The van der Waals surface area contributed by atoms with Gasteiger partial charge in [0.25, 0.3) is 0 Å². The molecule has 3 rings (SSSR count). The Morgan fingerprint density at radius 3 is 2.32 bits per heavy atom. The number of rotatable bonds is 5. The third-order valence-corrected chi connectivity index (χ3v) is 4.64. The first-order chi connectivity index (χ1) is 12.0. The SMILES string of the molecule is CC(=O)OCc1ccc(CN2CCN(c3c(C)cccc3C)CC2)o1. The summed E-state index contributed by atoms with van der Waals surface area (Å²) in [5.41, 5.74) is 4.06. The van der Waals surface area contributed by atoms with Gasteiger partial charge in [-0.15, -0.1) is 0 Å². The Bertz CT molecular complexity index is 710. The maximum absolute atomic E-state index is 10.9. The van der Waals surface area contributed by atoms with E-state index in [-0.39, 0.29) is 12.6 Å². The van der Waals surface area contributed by atoms with Crippen molar-refractivity contribution >= 4 is 11.7 Å². The molecule has 0 unspecified atom stereocenters. The van der Waals surface area contributed by atoms with Crippen LogP contribution >= 0.6 is 0 Å². The zero-order valence-electron chi connectivity index (χ0n) is 15.2. The second kappa shape index (κ2) is 7.74. The molecule has 1 saturated heterocycles. The quantitative estimate of drug-likeness (QED) is 0.780. The summed E-state index contributed by atoms with van der Waals surface area (Å²) in [6.45, 7) is 10.8. The van der Waals surface area contributed by atoms with E-state index in [9.17, 15) is 4.79 Å². The predicted octanol–water partition coefficient (Wildman–Crippen LogP) is 3.28. The minimum Gasteiger partial charge on any atom is -0.461 e. The molecule has 0 spiro atoms. The zero-order valence-corrected chi connectivity index (χ0v) is 15.2. The van der Waals surface area contributed by atoms with E-state index in [2.05, 4.69) is 41.8 Å². The van der Waals surface area contributed by atoms with Gasteiger partial charge in [-0.2, -0.15) is 0 Å². The highest BCUT2D eigenvalue weighted by atomic mass is 16.5. The Hall–Kier alpha value is -2.27. The monoisotopic (exact) mass is 342 g/mol. The van der Waals surface area contributed by atoms with Crippen molar-refractivity contribution in [2.24, 2.45) is 0 Å². The van der Waals surface area contributed by atoms with E-state index in [1.165, 1.54) is 23.7 Å². The highest BCUT2D eigenvalue weighted by molar-refractivity contribution is 5.65.